The summed E-state index contributed by atoms with van der Waals surface area (Å²) in [6, 6.07) is 7.18. The number of nitrogen functional groups attached to an aromatic ring is 2. The second-order valence-corrected chi connectivity index (χ2v) is 8.22. The molecule has 6 N–H and O–H groups in total. The zero-order valence-electron chi connectivity index (χ0n) is 16.9. The molecule has 0 radical (unpaired) electrons. The van der Waals surface area contributed by atoms with Crippen LogP contribution in [0.15, 0.2) is 24.3 Å². The Hall–Kier alpha value is -2.62. The summed E-state index contributed by atoms with van der Waals surface area (Å²) in [6.07, 6.45) is 0.299. The lowest BCUT2D eigenvalue weighted by molar-refractivity contribution is -0.887. The number of rotatable bonds is 9. The van der Waals surface area contributed by atoms with Crippen molar-refractivity contribution in [3.63, 3.8) is 0 Å². The molecule has 0 aliphatic rings. The van der Waals surface area contributed by atoms with Crippen LogP contribution in [0.1, 0.15) is 16.1 Å². The highest BCUT2D eigenvalue weighted by Crippen LogP contribution is 2.17. The van der Waals surface area contributed by atoms with E-state index in [4.69, 9.17) is 34.7 Å². The highest BCUT2D eigenvalue weighted by molar-refractivity contribution is 6.31. The first-order chi connectivity index (χ1) is 14.1. The summed E-state index contributed by atoms with van der Waals surface area (Å²) in [5.41, 5.74) is 12.0. The molecule has 9 nitrogen and oxygen atoms in total. The molecule has 0 fully saturated rings. The lowest BCUT2D eigenvalue weighted by atomic mass is 10.1. The molecular formula is C19H26Cl2N7O2+. The standard InChI is InChI=1S/C19H25Cl2N7O2/c1-28(2,9-7-24-14(29)11-12-3-5-13(20)6-4-12)10-8-25-19(30)15-17(22)27-18(23)16(21)26-15/h3-6H,7-11H2,1-2H3,(H5-,22,23,24,25,27,29,30)/p+1. The van der Waals surface area contributed by atoms with E-state index < -0.39 is 5.91 Å². The molecule has 0 atom stereocenters. The molecule has 2 amide bonds. The van der Waals surface area contributed by atoms with Crippen LogP contribution in [0, 0.1) is 0 Å². The van der Waals surface area contributed by atoms with Crippen molar-refractivity contribution >= 4 is 46.7 Å². The van der Waals surface area contributed by atoms with Crippen LogP contribution < -0.4 is 22.1 Å². The van der Waals surface area contributed by atoms with Gasteiger partial charge in [-0.1, -0.05) is 35.3 Å². The zero-order valence-corrected chi connectivity index (χ0v) is 18.4. The highest BCUT2D eigenvalue weighted by atomic mass is 35.5. The molecule has 1 aromatic heterocycles. The molecule has 0 saturated carbocycles. The third-order valence-corrected chi connectivity index (χ3v) is 4.97. The molecule has 1 heterocycles. The largest absolute Gasteiger partial charge is 0.382 e. The van der Waals surface area contributed by atoms with E-state index in [0.29, 0.717) is 42.1 Å². The minimum atomic E-state index is -0.474. The summed E-state index contributed by atoms with van der Waals surface area (Å²) in [4.78, 5) is 32.0. The van der Waals surface area contributed by atoms with E-state index >= 15 is 0 Å². The fraction of sp³-hybridized carbons (Fsp3) is 0.368. The predicted octanol–water partition coefficient (Wildman–Crippen LogP) is 1.11. The number of anilines is 2. The second-order valence-electron chi connectivity index (χ2n) is 7.43. The van der Waals surface area contributed by atoms with Crippen LogP contribution in [-0.2, 0) is 11.2 Å². The van der Waals surface area contributed by atoms with Crippen molar-refractivity contribution in [2.45, 2.75) is 6.42 Å². The Bertz CT molecular complexity index is 905. The van der Waals surface area contributed by atoms with E-state index in [1.165, 1.54) is 0 Å². The van der Waals surface area contributed by atoms with Gasteiger partial charge in [0.05, 0.1) is 46.7 Å². The van der Waals surface area contributed by atoms with Gasteiger partial charge in [0.1, 0.15) is 0 Å². The molecule has 0 aliphatic carbocycles. The number of amides is 2. The van der Waals surface area contributed by atoms with E-state index in [9.17, 15) is 9.59 Å². The smallest absolute Gasteiger partial charge is 0.273 e. The van der Waals surface area contributed by atoms with Gasteiger partial charge in [-0.05, 0) is 17.7 Å². The van der Waals surface area contributed by atoms with Gasteiger partial charge in [0.15, 0.2) is 22.5 Å². The molecular weight excluding hydrogens is 429 g/mol. The van der Waals surface area contributed by atoms with Crippen molar-refractivity contribution in [1.82, 2.24) is 20.6 Å². The average molecular weight is 455 g/mol. The van der Waals surface area contributed by atoms with Gasteiger partial charge in [0, 0.05) is 5.02 Å². The van der Waals surface area contributed by atoms with Crippen LogP contribution in [-0.4, -0.2) is 66.5 Å². The number of benzene rings is 1. The van der Waals surface area contributed by atoms with Gasteiger partial charge in [-0.2, -0.15) is 0 Å². The summed E-state index contributed by atoms with van der Waals surface area (Å²) in [5.74, 6) is -0.633. The number of aromatic nitrogens is 2. The fourth-order valence-corrected chi connectivity index (χ4v) is 2.88. The summed E-state index contributed by atoms with van der Waals surface area (Å²) >= 11 is 11.6. The minimum absolute atomic E-state index is 0.0263. The van der Waals surface area contributed by atoms with Crippen molar-refractivity contribution in [2.75, 3.05) is 51.7 Å². The molecule has 0 bridgehead atoms. The monoisotopic (exact) mass is 454 g/mol. The maximum atomic E-state index is 12.2. The number of carbonyl (C=O) groups is 2. The molecule has 0 spiro atoms. The topological polar surface area (TPSA) is 136 Å². The summed E-state index contributed by atoms with van der Waals surface area (Å²) in [5, 5.41) is 6.22. The number of carbonyl (C=O) groups excluding carboxylic acids is 2. The second kappa shape index (κ2) is 10.4. The van der Waals surface area contributed by atoms with E-state index in [-0.39, 0.29) is 28.4 Å². The quantitative estimate of drug-likeness (QED) is 0.419. The predicted molar refractivity (Wildman–Crippen MR) is 118 cm³/mol. The molecule has 2 rings (SSSR count). The van der Waals surface area contributed by atoms with Crippen LogP contribution in [0.25, 0.3) is 0 Å². The third-order valence-electron chi connectivity index (χ3n) is 4.44. The number of likely N-dealkylation sites (N-methyl/N-ethyl adjacent to an activating group) is 1. The van der Waals surface area contributed by atoms with Gasteiger partial charge in [0.2, 0.25) is 5.91 Å². The van der Waals surface area contributed by atoms with Gasteiger partial charge in [-0.15, -0.1) is 0 Å². The zero-order chi connectivity index (χ0) is 22.3. The van der Waals surface area contributed by atoms with Crippen molar-refractivity contribution < 1.29 is 14.1 Å². The Morgan fingerprint density at radius 1 is 0.967 bits per heavy atom. The lowest BCUT2D eigenvalue weighted by Crippen LogP contribution is -2.49. The maximum Gasteiger partial charge on any atom is 0.273 e. The van der Waals surface area contributed by atoms with Gasteiger partial charge >= 0.3 is 0 Å². The number of quaternary nitrogens is 1. The molecule has 0 unspecified atom stereocenters. The summed E-state index contributed by atoms with van der Waals surface area (Å²) < 4.78 is 0.588. The van der Waals surface area contributed by atoms with Crippen molar-refractivity contribution in [2.24, 2.45) is 0 Å². The normalized spacial score (nSPS) is 11.2. The first kappa shape index (κ1) is 23.7. The van der Waals surface area contributed by atoms with Gasteiger partial charge in [-0.25, -0.2) is 9.97 Å². The minimum Gasteiger partial charge on any atom is -0.382 e. The van der Waals surface area contributed by atoms with Gasteiger partial charge in [0.25, 0.3) is 5.91 Å². The van der Waals surface area contributed by atoms with E-state index in [2.05, 4.69) is 20.6 Å². The van der Waals surface area contributed by atoms with Crippen LogP contribution in [0.2, 0.25) is 10.2 Å². The molecule has 0 aliphatic heterocycles. The Labute approximate surface area is 185 Å². The number of hydrogen-bond donors (Lipinski definition) is 4. The van der Waals surface area contributed by atoms with Crippen molar-refractivity contribution in [3.05, 3.63) is 45.7 Å². The first-order valence-electron chi connectivity index (χ1n) is 9.27. The molecule has 30 heavy (non-hydrogen) atoms. The first-order valence-corrected chi connectivity index (χ1v) is 10.0. The van der Waals surface area contributed by atoms with Crippen molar-refractivity contribution in [3.8, 4) is 0 Å². The van der Waals surface area contributed by atoms with E-state index in [1.54, 1.807) is 12.1 Å². The van der Waals surface area contributed by atoms with Crippen molar-refractivity contribution in [1.29, 1.82) is 0 Å². The number of nitrogens with zero attached hydrogens (tertiary/aromatic N) is 3. The third kappa shape index (κ3) is 7.33. The fourth-order valence-electron chi connectivity index (χ4n) is 2.62. The molecule has 1 aromatic carbocycles. The Kier molecular flexibility index (Phi) is 8.22. The number of hydrogen-bond acceptors (Lipinski definition) is 6. The van der Waals surface area contributed by atoms with Gasteiger partial charge < -0.3 is 26.6 Å². The van der Waals surface area contributed by atoms with Crippen LogP contribution in [0.4, 0.5) is 11.6 Å². The van der Waals surface area contributed by atoms with Crippen LogP contribution in [0.5, 0.6) is 0 Å². The molecule has 2 aromatic rings. The lowest BCUT2D eigenvalue weighted by Gasteiger charge is -2.30. The number of nitrogens with one attached hydrogen (secondary N) is 2. The summed E-state index contributed by atoms with van der Waals surface area (Å²) in [7, 11) is 4.01. The molecule has 11 heteroatoms. The average Bonchev–Trinajstić information content (AvgIpc) is 2.66. The Balaban J connectivity index is 1.73. The van der Waals surface area contributed by atoms with E-state index in [1.807, 2.05) is 26.2 Å². The Morgan fingerprint density at radius 2 is 1.57 bits per heavy atom. The molecule has 162 valence electrons. The SMILES string of the molecule is C[N+](C)(CCNC(=O)Cc1ccc(Cl)cc1)CCNC(=O)c1nc(Cl)c(N)nc1N. The highest BCUT2D eigenvalue weighted by Gasteiger charge is 2.19. The van der Waals surface area contributed by atoms with Crippen LogP contribution >= 0.6 is 23.2 Å². The van der Waals surface area contributed by atoms with E-state index in [0.717, 1.165) is 5.56 Å². The number of nitrogens with two attached hydrogens (primary N) is 2. The molecule has 0 saturated heterocycles. The summed E-state index contributed by atoms with van der Waals surface area (Å²) in [6.45, 7) is 2.22. The number of halogens is 2. The van der Waals surface area contributed by atoms with Crippen LogP contribution in [0.3, 0.4) is 0 Å². The van der Waals surface area contributed by atoms with Gasteiger partial charge in [-0.3, -0.25) is 9.59 Å². The maximum absolute atomic E-state index is 12.2. The Morgan fingerprint density at radius 3 is 2.20 bits per heavy atom.